The third-order valence-corrected chi connectivity index (χ3v) is 4.79. The van der Waals surface area contributed by atoms with E-state index in [4.69, 9.17) is 9.47 Å². The first-order chi connectivity index (χ1) is 14.2. The number of nitrogens with one attached hydrogen (secondary N) is 3. The minimum Gasteiger partial charge on any atom is -0.497 e. The molecule has 1 aromatic heterocycles. The van der Waals surface area contributed by atoms with Gasteiger partial charge in [0.05, 0.1) is 14.2 Å². The Labute approximate surface area is 183 Å². The molecule has 2 rings (SSSR count). The zero-order valence-corrected chi connectivity index (χ0v) is 19.0. The first kappa shape index (κ1) is 23.3. The molecule has 0 saturated heterocycles. The lowest BCUT2D eigenvalue weighted by Crippen LogP contribution is -2.54. The molecule has 9 nitrogen and oxygen atoms in total. The summed E-state index contributed by atoms with van der Waals surface area (Å²) in [4.78, 5) is 37.6. The molecule has 1 aromatic carbocycles. The predicted molar refractivity (Wildman–Crippen MR) is 114 cm³/mol. The number of aryl methyl sites for hydroxylation is 1. The van der Waals surface area contributed by atoms with Gasteiger partial charge in [0.1, 0.15) is 23.2 Å². The number of nitrogens with zero attached hydrogens (tertiary/aromatic N) is 1. The summed E-state index contributed by atoms with van der Waals surface area (Å²) in [6, 6.07) is 5.47. The molecule has 1 heterocycles. The van der Waals surface area contributed by atoms with E-state index in [0.29, 0.717) is 17.2 Å². The van der Waals surface area contributed by atoms with Gasteiger partial charge in [0, 0.05) is 29.3 Å². The summed E-state index contributed by atoms with van der Waals surface area (Å²) in [5.41, 5.74) is 5.37. The Bertz CT molecular complexity index is 919. The molecule has 2 aromatic rings. The van der Waals surface area contributed by atoms with Gasteiger partial charge < -0.3 is 19.4 Å². The highest BCUT2D eigenvalue weighted by atomic mass is 79.9. The number of methoxy groups -OCH3 is 2. The van der Waals surface area contributed by atoms with Crippen LogP contribution < -0.4 is 25.6 Å². The van der Waals surface area contributed by atoms with Gasteiger partial charge in [-0.25, -0.2) is 0 Å². The number of carbonyl (C=O) groups is 3. The van der Waals surface area contributed by atoms with Crippen molar-refractivity contribution < 1.29 is 23.9 Å². The normalized spacial score (nSPS) is 11.6. The van der Waals surface area contributed by atoms with E-state index >= 15 is 0 Å². The number of hydrazine groups is 1. The van der Waals surface area contributed by atoms with E-state index in [0.717, 1.165) is 4.47 Å². The molecule has 0 fully saturated rings. The Morgan fingerprint density at radius 1 is 0.967 bits per heavy atom. The van der Waals surface area contributed by atoms with E-state index in [9.17, 15) is 14.4 Å². The molecule has 0 saturated carbocycles. The second kappa shape index (κ2) is 10.1. The van der Waals surface area contributed by atoms with Gasteiger partial charge >= 0.3 is 0 Å². The molecule has 0 spiro atoms. The minimum absolute atomic E-state index is 0.234. The summed E-state index contributed by atoms with van der Waals surface area (Å²) in [7, 11) is 4.67. The fourth-order valence-corrected chi connectivity index (χ4v) is 3.23. The predicted octanol–water partition coefficient (Wildman–Crippen LogP) is 2.02. The van der Waals surface area contributed by atoms with E-state index in [2.05, 4.69) is 32.1 Å². The van der Waals surface area contributed by atoms with Crippen LogP contribution in [0.3, 0.4) is 0 Å². The highest BCUT2D eigenvalue weighted by Crippen LogP contribution is 2.22. The zero-order chi connectivity index (χ0) is 22.4. The van der Waals surface area contributed by atoms with Gasteiger partial charge in [-0.3, -0.25) is 25.2 Å². The van der Waals surface area contributed by atoms with Crippen LogP contribution in [0.15, 0.2) is 34.9 Å². The second-order valence-electron chi connectivity index (χ2n) is 6.89. The number of benzene rings is 1. The number of ether oxygens (including phenoxy) is 2. The molecular weight excluding hydrogens is 456 g/mol. The van der Waals surface area contributed by atoms with Crippen LogP contribution in [-0.2, 0) is 11.8 Å². The van der Waals surface area contributed by atoms with E-state index in [1.807, 2.05) is 0 Å². The summed E-state index contributed by atoms with van der Waals surface area (Å²) >= 11 is 3.29. The van der Waals surface area contributed by atoms with Crippen LogP contribution in [0.25, 0.3) is 0 Å². The number of amides is 3. The lowest BCUT2D eigenvalue weighted by molar-refractivity contribution is -0.124. The van der Waals surface area contributed by atoms with Crippen molar-refractivity contribution in [1.82, 2.24) is 20.7 Å². The standard InChI is InChI=1S/C20H25BrN4O5/c1-11(2)17(20(28)24-23-19(27)16-8-13(21)10-25(16)3)22-18(26)12-6-14(29-4)9-15(7-12)30-5/h6-11,17H,1-5H3,(H,22,26)(H,23,27)(H,24,28)/t17-/m1/s1. The Kier molecular flexibility index (Phi) is 7.87. The van der Waals surface area contributed by atoms with Crippen LogP contribution in [0.5, 0.6) is 11.5 Å². The Morgan fingerprint density at radius 2 is 1.57 bits per heavy atom. The fraction of sp³-hybridized carbons (Fsp3) is 0.350. The van der Waals surface area contributed by atoms with Crippen LogP contribution in [-0.4, -0.2) is 42.6 Å². The number of carbonyl (C=O) groups excluding carboxylic acids is 3. The smallest absolute Gasteiger partial charge is 0.286 e. The van der Waals surface area contributed by atoms with Gasteiger partial charge in [-0.2, -0.15) is 0 Å². The molecule has 0 aliphatic rings. The first-order valence-corrected chi connectivity index (χ1v) is 9.91. The molecule has 3 amide bonds. The minimum atomic E-state index is -0.879. The molecular formula is C20H25BrN4O5. The average Bonchev–Trinajstić information content (AvgIpc) is 3.06. The van der Waals surface area contributed by atoms with E-state index in [1.165, 1.54) is 14.2 Å². The summed E-state index contributed by atoms with van der Waals surface area (Å²) in [6.45, 7) is 3.57. The third kappa shape index (κ3) is 5.76. The monoisotopic (exact) mass is 480 g/mol. The molecule has 10 heteroatoms. The maximum atomic E-state index is 12.7. The van der Waals surface area contributed by atoms with E-state index in [-0.39, 0.29) is 11.5 Å². The van der Waals surface area contributed by atoms with Crippen molar-refractivity contribution >= 4 is 33.7 Å². The van der Waals surface area contributed by atoms with Crippen LogP contribution in [0.2, 0.25) is 0 Å². The molecule has 1 atom stereocenters. The first-order valence-electron chi connectivity index (χ1n) is 9.12. The number of rotatable bonds is 7. The number of halogens is 1. The quantitative estimate of drug-likeness (QED) is 0.525. The van der Waals surface area contributed by atoms with Gasteiger partial charge in [0.25, 0.3) is 17.7 Å². The SMILES string of the molecule is COc1cc(OC)cc(C(=O)N[C@@H](C(=O)NNC(=O)c2cc(Br)cn2C)C(C)C)c1. The molecule has 0 aliphatic carbocycles. The average molecular weight is 481 g/mol. The van der Waals surface area contributed by atoms with Crippen molar-refractivity contribution in [2.75, 3.05) is 14.2 Å². The molecule has 30 heavy (non-hydrogen) atoms. The second-order valence-corrected chi connectivity index (χ2v) is 7.81. The van der Waals surface area contributed by atoms with Gasteiger partial charge in [-0.1, -0.05) is 13.8 Å². The van der Waals surface area contributed by atoms with Crippen molar-refractivity contribution in [2.45, 2.75) is 19.9 Å². The van der Waals surface area contributed by atoms with Crippen molar-refractivity contribution in [3.63, 3.8) is 0 Å². The topological polar surface area (TPSA) is 111 Å². The summed E-state index contributed by atoms with van der Waals surface area (Å²) in [6.07, 6.45) is 1.72. The molecule has 0 bridgehead atoms. The number of aromatic nitrogens is 1. The van der Waals surface area contributed by atoms with Crippen molar-refractivity contribution in [3.05, 3.63) is 46.2 Å². The maximum absolute atomic E-state index is 12.7. The number of hydrogen-bond acceptors (Lipinski definition) is 5. The zero-order valence-electron chi connectivity index (χ0n) is 17.4. The Hall–Kier alpha value is -3.01. The van der Waals surface area contributed by atoms with Crippen LogP contribution in [0.4, 0.5) is 0 Å². The van der Waals surface area contributed by atoms with Gasteiger partial charge in [-0.15, -0.1) is 0 Å². The summed E-state index contributed by atoms with van der Waals surface area (Å²) in [5, 5.41) is 2.69. The highest BCUT2D eigenvalue weighted by molar-refractivity contribution is 9.10. The highest BCUT2D eigenvalue weighted by Gasteiger charge is 2.26. The lowest BCUT2D eigenvalue weighted by atomic mass is 10.0. The molecule has 0 aliphatic heterocycles. The largest absolute Gasteiger partial charge is 0.497 e. The molecule has 162 valence electrons. The van der Waals surface area contributed by atoms with Crippen LogP contribution in [0.1, 0.15) is 34.7 Å². The molecule has 0 radical (unpaired) electrons. The van der Waals surface area contributed by atoms with Gasteiger partial charge in [0.2, 0.25) is 0 Å². The fourth-order valence-electron chi connectivity index (χ4n) is 2.71. The van der Waals surface area contributed by atoms with Gasteiger partial charge in [0.15, 0.2) is 0 Å². The Morgan fingerprint density at radius 3 is 2.03 bits per heavy atom. The van der Waals surface area contributed by atoms with Gasteiger partial charge in [-0.05, 0) is 40.0 Å². The molecule has 0 unspecified atom stereocenters. The maximum Gasteiger partial charge on any atom is 0.286 e. The van der Waals surface area contributed by atoms with Crippen LogP contribution in [0, 0.1) is 5.92 Å². The molecule has 3 N–H and O–H groups in total. The lowest BCUT2D eigenvalue weighted by Gasteiger charge is -2.22. The van der Waals surface area contributed by atoms with Crippen molar-refractivity contribution in [3.8, 4) is 11.5 Å². The van der Waals surface area contributed by atoms with E-state index < -0.39 is 23.8 Å². The van der Waals surface area contributed by atoms with Crippen LogP contribution >= 0.6 is 15.9 Å². The van der Waals surface area contributed by atoms with E-state index in [1.54, 1.807) is 55.9 Å². The Balaban J connectivity index is 2.08. The number of hydrogen-bond donors (Lipinski definition) is 3. The third-order valence-electron chi connectivity index (χ3n) is 4.35. The summed E-state index contributed by atoms with van der Waals surface area (Å²) < 4.78 is 12.7. The van der Waals surface area contributed by atoms with Crippen molar-refractivity contribution in [1.29, 1.82) is 0 Å². The van der Waals surface area contributed by atoms with Crippen molar-refractivity contribution in [2.24, 2.45) is 13.0 Å². The summed E-state index contributed by atoms with van der Waals surface area (Å²) in [5.74, 6) is -0.837.